The number of hydrogen-bond acceptors (Lipinski definition) is 8. The third kappa shape index (κ3) is 5.00. The van der Waals surface area contributed by atoms with Crippen molar-refractivity contribution in [3.63, 3.8) is 0 Å². The SMILES string of the molecule is COc1ccc(C(=O)N2CCC3(CC2)CC(Cc2nc(-c4ccncc4)no2)CCO3)c(OC)c1. The number of amides is 1. The first kappa shape index (κ1) is 23.3. The fraction of sp³-hybridized carbons (Fsp3) is 0.462. The lowest BCUT2D eigenvalue weighted by molar-refractivity contribution is -0.124. The molecule has 0 aliphatic carbocycles. The van der Waals surface area contributed by atoms with Gasteiger partial charge in [-0.1, -0.05) is 5.16 Å². The highest BCUT2D eigenvalue weighted by Crippen LogP contribution is 2.39. The van der Waals surface area contributed by atoms with Crippen LogP contribution in [-0.4, -0.2) is 65.4 Å². The number of aromatic nitrogens is 3. The van der Waals surface area contributed by atoms with Crippen molar-refractivity contribution >= 4 is 5.91 Å². The topological polar surface area (TPSA) is 99.8 Å². The summed E-state index contributed by atoms with van der Waals surface area (Å²) in [6, 6.07) is 9.03. The van der Waals surface area contributed by atoms with Crippen LogP contribution < -0.4 is 9.47 Å². The van der Waals surface area contributed by atoms with Crippen molar-refractivity contribution in [3.8, 4) is 22.9 Å². The fourth-order valence-electron chi connectivity index (χ4n) is 5.12. The van der Waals surface area contributed by atoms with Gasteiger partial charge in [0.25, 0.3) is 5.91 Å². The first-order valence-corrected chi connectivity index (χ1v) is 12.0. The van der Waals surface area contributed by atoms with Crippen molar-refractivity contribution in [2.45, 2.75) is 37.7 Å². The van der Waals surface area contributed by atoms with E-state index in [1.54, 1.807) is 44.8 Å². The zero-order valence-electron chi connectivity index (χ0n) is 20.1. The second kappa shape index (κ2) is 10.0. The lowest BCUT2D eigenvalue weighted by Gasteiger charge is -2.46. The summed E-state index contributed by atoms with van der Waals surface area (Å²) in [5.74, 6) is 2.80. The predicted octanol–water partition coefficient (Wildman–Crippen LogP) is 3.79. The minimum absolute atomic E-state index is 0.0267. The molecule has 1 spiro atoms. The summed E-state index contributed by atoms with van der Waals surface area (Å²) >= 11 is 0. The zero-order chi connectivity index (χ0) is 24.3. The van der Waals surface area contributed by atoms with Crippen molar-refractivity contribution < 1.29 is 23.5 Å². The first-order chi connectivity index (χ1) is 17.1. The molecule has 2 saturated heterocycles. The summed E-state index contributed by atoms with van der Waals surface area (Å²) in [5, 5.41) is 4.13. The Balaban J connectivity index is 1.20. The molecule has 9 nitrogen and oxygen atoms in total. The van der Waals surface area contributed by atoms with E-state index in [4.69, 9.17) is 18.7 Å². The van der Waals surface area contributed by atoms with Crippen molar-refractivity contribution in [1.29, 1.82) is 0 Å². The molecule has 0 radical (unpaired) electrons. The molecular weight excluding hydrogens is 448 g/mol. The van der Waals surface area contributed by atoms with Gasteiger partial charge in [0.15, 0.2) is 0 Å². The van der Waals surface area contributed by atoms with Crippen LogP contribution in [0.5, 0.6) is 11.5 Å². The summed E-state index contributed by atoms with van der Waals surface area (Å²) in [4.78, 5) is 23.7. The molecular formula is C26H30N4O5. The highest BCUT2D eigenvalue weighted by atomic mass is 16.5. The number of ether oxygens (including phenoxy) is 3. The number of carbonyl (C=O) groups is 1. The summed E-state index contributed by atoms with van der Waals surface area (Å²) in [6.45, 7) is 2.00. The van der Waals surface area contributed by atoms with E-state index in [0.717, 1.165) is 37.7 Å². The number of benzene rings is 1. The van der Waals surface area contributed by atoms with Gasteiger partial charge in [-0.3, -0.25) is 9.78 Å². The Hall–Kier alpha value is -3.46. The maximum atomic E-state index is 13.2. The van der Waals surface area contributed by atoms with Crippen molar-refractivity contribution in [2.24, 2.45) is 5.92 Å². The van der Waals surface area contributed by atoms with Crippen LogP contribution in [0.15, 0.2) is 47.2 Å². The Labute approximate surface area is 204 Å². The molecule has 4 heterocycles. The Kier molecular flexibility index (Phi) is 6.68. The van der Waals surface area contributed by atoms with E-state index in [-0.39, 0.29) is 11.5 Å². The van der Waals surface area contributed by atoms with E-state index >= 15 is 0 Å². The Morgan fingerprint density at radius 1 is 1.14 bits per heavy atom. The smallest absolute Gasteiger partial charge is 0.257 e. The van der Waals surface area contributed by atoms with Crippen LogP contribution in [0.3, 0.4) is 0 Å². The minimum Gasteiger partial charge on any atom is -0.497 e. The third-order valence-corrected chi connectivity index (χ3v) is 7.07. The highest BCUT2D eigenvalue weighted by Gasteiger charge is 2.41. The van der Waals surface area contributed by atoms with E-state index in [9.17, 15) is 4.79 Å². The average molecular weight is 479 g/mol. The molecule has 1 unspecified atom stereocenters. The molecule has 184 valence electrons. The fourth-order valence-corrected chi connectivity index (χ4v) is 5.12. The van der Waals surface area contributed by atoms with Crippen molar-refractivity contribution in [1.82, 2.24) is 20.0 Å². The number of rotatable bonds is 6. The van der Waals surface area contributed by atoms with Gasteiger partial charge in [0.2, 0.25) is 11.7 Å². The molecule has 2 aliphatic rings. The maximum Gasteiger partial charge on any atom is 0.257 e. The van der Waals surface area contributed by atoms with Gasteiger partial charge in [-0.15, -0.1) is 0 Å². The van der Waals surface area contributed by atoms with Gasteiger partial charge >= 0.3 is 0 Å². The zero-order valence-corrected chi connectivity index (χ0v) is 20.1. The molecule has 0 N–H and O–H groups in total. The van der Waals surface area contributed by atoms with Crippen LogP contribution >= 0.6 is 0 Å². The highest BCUT2D eigenvalue weighted by molar-refractivity contribution is 5.97. The van der Waals surface area contributed by atoms with Gasteiger partial charge in [-0.25, -0.2) is 0 Å². The van der Waals surface area contributed by atoms with Crippen LogP contribution in [0.4, 0.5) is 0 Å². The van der Waals surface area contributed by atoms with Gasteiger partial charge in [0, 0.05) is 50.1 Å². The number of nitrogens with zero attached hydrogens (tertiary/aromatic N) is 4. The minimum atomic E-state index is -0.211. The predicted molar refractivity (Wildman–Crippen MR) is 127 cm³/mol. The van der Waals surface area contributed by atoms with Gasteiger partial charge in [-0.05, 0) is 55.9 Å². The molecule has 1 amide bonds. The molecule has 0 bridgehead atoms. The quantitative estimate of drug-likeness (QED) is 0.528. The third-order valence-electron chi connectivity index (χ3n) is 7.07. The molecule has 2 aromatic heterocycles. The molecule has 2 aliphatic heterocycles. The number of carbonyl (C=O) groups excluding carboxylic acids is 1. The second-order valence-corrected chi connectivity index (χ2v) is 9.20. The largest absolute Gasteiger partial charge is 0.497 e. The summed E-state index contributed by atoms with van der Waals surface area (Å²) < 4.78 is 22.5. The number of piperidine rings is 1. The lowest BCUT2D eigenvalue weighted by Crippen LogP contribution is -2.51. The number of pyridine rings is 1. The molecule has 3 aromatic rings. The molecule has 0 saturated carbocycles. The maximum absolute atomic E-state index is 13.2. The summed E-state index contributed by atoms with van der Waals surface area (Å²) in [7, 11) is 3.16. The van der Waals surface area contributed by atoms with E-state index in [0.29, 0.717) is 54.4 Å². The van der Waals surface area contributed by atoms with Crippen LogP contribution in [0.25, 0.3) is 11.4 Å². The molecule has 9 heteroatoms. The Morgan fingerprint density at radius 2 is 1.94 bits per heavy atom. The Morgan fingerprint density at radius 3 is 2.69 bits per heavy atom. The summed E-state index contributed by atoms with van der Waals surface area (Å²) in [6.07, 6.45) is 7.66. The van der Waals surface area contributed by atoms with Gasteiger partial charge < -0.3 is 23.6 Å². The van der Waals surface area contributed by atoms with E-state index in [2.05, 4.69) is 15.1 Å². The molecule has 1 atom stereocenters. The van der Waals surface area contributed by atoms with Crippen LogP contribution in [-0.2, 0) is 11.2 Å². The van der Waals surface area contributed by atoms with E-state index < -0.39 is 0 Å². The Bertz CT molecular complexity index is 1160. The molecule has 35 heavy (non-hydrogen) atoms. The van der Waals surface area contributed by atoms with Crippen molar-refractivity contribution in [3.05, 3.63) is 54.2 Å². The number of methoxy groups -OCH3 is 2. The monoisotopic (exact) mass is 478 g/mol. The van der Waals surface area contributed by atoms with Gasteiger partial charge in [-0.2, -0.15) is 4.98 Å². The normalized spacial score (nSPS) is 19.5. The molecule has 1 aromatic carbocycles. The lowest BCUT2D eigenvalue weighted by atomic mass is 9.78. The standard InChI is InChI=1S/C26H30N4O5/c1-32-20-3-4-21(22(16-20)33-2)25(31)30-12-8-26(9-13-30)17-18(7-14-34-26)15-23-28-24(29-35-23)19-5-10-27-11-6-19/h3-6,10-11,16,18H,7-9,12-15,17H2,1-2H3. The molecule has 2 fully saturated rings. The average Bonchev–Trinajstić information content (AvgIpc) is 3.37. The van der Waals surface area contributed by atoms with Crippen LogP contribution in [0.1, 0.15) is 41.9 Å². The van der Waals surface area contributed by atoms with Crippen LogP contribution in [0.2, 0.25) is 0 Å². The van der Waals surface area contributed by atoms with E-state index in [1.807, 2.05) is 17.0 Å². The van der Waals surface area contributed by atoms with Gasteiger partial charge in [0.1, 0.15) is 11.5 Å². The number of likely N-dealkylation sites (tertiary alicyclic amines) is 1. The van der Waals surface area contributed by atoms with Gasteiger partial charge in [0.05, 0.1) is 25.4 Å². The van der Waals surface area contributed by atoms with Crippen LogP contribution in [0, 0.1) is 5.92 Å². The second-order valence-electron chi connectivity index (χ2n) is 9.20. The summed E-state index contributed by atoms with van der Waals surface area (Å²) in [5.41, 5.74) is 1.23. The number of hydrogen-bond donors (Lipinski definition) is 0. The van der Waals surface area contributed by atoms with Crippen molar-refractivity contribution in [2.75, 3.05) is 33.9 Å². The first-order valence-electron chi connectivity index (χ1n) is 12.0. The van der Waals surface area contributed by atoms with E-state index in [1.165, 1.54) is 0 Å². The molecule has 5 rings (SSSR count).